The summed E-state index contributed by atoms with van der Waals surface area (Å²) < 4.78 is 42.1. The van der Waals surface area contributed by atoms with Crippen molar-refractivity contribution in [1.82, 2.24) is 19.4 Å². The summed E-state index contributed by atoms with van der Waals surface area (Å²) in [4.78, 5) is 37.6. The molecule has 184 valence electrons. The van der Waals surface area contributed by atoms with Gasteiger partial charge in [-0.3, -0.25) is 10.1 Å². The normalized spacial score (nSPS) is 13.9. The van der Waals surface area contributed by atoms with Gasteiger partial charge < -0.3 is 24.4 Å². The average molecular weight is 489 g/mol. The number of imidazole rings is 1. The number of rotatable bonds is 5. The standard InChI is InChI=1S/C22H22F3N7O3/c1-30-14-17(29-21(34)27-15-5-7-16(8-6-15)35-22(23,24)25)28-19(30)20(33)32-12-10-31(11-13-32)18-4-2-3-9-26-18/h2-9,14H,10-13H2,1H3,(H2,27,29,34). The number of carbonyl (C=O) groups is 2. The first-order chi connectivity index (χ1) is 16.7. The van der Waals surface area contributed by atoms with Crippen LogP contribution in [0.25, 0.3) is 0 Å². The van der Waals surface area contributed by atoms with Crippen molar-refractivity contribution in [2.24, 2.45) is 7.05 Å². The van der Waals surface area contributed by atoms with Crippen molar-refractivity contribution in [3.63, 3.8) is 0 Å². The van der Waals surface area contributed by atoms with E-state index in [1.165, 1.54) is 22.9 Å². The third-order valence-corrected chi connectivity index (χ3v) is 5.20. The van der Waals surface area contributed by atoms with E-state index in [2.05, 4.69) is 30.2 Å². The minimum atomic E-state index is -4.80. The molecule has 0 bridgehead atoms. The predicted molar refractivity (Wildman–Crippen MR) is 121 cm³/mol. The highest BCUT2D eigenvalue weighted by atomic mass is 19.4. The number of aryl methyl sites for hydroxylation is 1. The highest BCUT2D eigenvalue weighted by Gasteiger charge is 2.31. The van der Waals surface area contributed by atoms with Crippen LogP contribution in [0.15, 0.2) is 54.9 Å². The number of nitrogens with one attached hydrogen (secondary N) is 2. The van der Waals surface area contributed by atoms with E-state index < -0.39 is 18.1 Å². The van der Waals surface area contributed by atoms with E-state index in [-0.39, 0.29) is 23.2 Å². The van der Waals surface area contributed by atoms with Gasteiger partial charge in [0, 0.05) is 51.3 Å². The fourth-order valence-corrected chi connectivity index (χ4v) is 3.56. The molecule has 1 aliphatic heterocycles. The molecule has 13 heteroatoms. The average Bonchev–Trinajstić information content (AvgIpc) is 3.19. The summed E-state index contributed by atoms with van der Waals surface area (Å²) >= 11 is 0. The van der Waals surface area contributed by atoms with Crippen molar-refractivity contribution in [3.8, 4) is 5.75 Å². The summed E-state index contributed by atoms with van der Waals surface area (Å²) in [5.74, 6) is 0.508. The topological polar surface area (TPSA) is 105 Å². The van der Waals surface area contributed by atoms with Crippen LogP contribution in [-0.4, -0.2) is 63.9 Å². The predicted octanol–water partition coefficient (Wildman–Crippen LogP) is 3.32. The van der Waals surface area contributed by atoms with Crippen LogP contribution >= 0.6 is 0 Å². The number of anilines is 3. The molecule has 1 saturated heterocycles. The summed E-state index contributed by atoms with van der Waals surface area (Å²) in [7, 11) is 1.65. The quantitative estimate of drug-likeness (QED) is 0.570. The summed E-state index contributed by atoms with van der Waals surface area (Å²) in [6.45, 7) is 2.26. The van der Waals surface area contributed by atoms with E-state index in [0.717, 1.165) is 18.0 Å². The van der Waals surface area contributed by atoms with Crippen LogP contribution in [0.4, 0.5) is 35.3 Å². The number of pyridine rings is 1. The maximum absolute atomic E-state index is 13.0. The van der Waals surface area contributed by atoms with Crippen LogP contribution in [0.1, 0.15) is 10.6 Å². The Morgan fingerprint density at radius 2 is 1.71 bits per heavy atom. The molecule has 0 spiro atoms. The molecule has 0 unspecified atom stereocenters. The molecule has 3 amide bonds. The molecule has 2 aromatic heterocycles. The summed E-state index contributed by atoms with van der Waals surface area (Å²) in [5.41, 5.74) is 0.245. The molecule has 1 aliphatic rings. The largest absolute Gasteiger partial charge is 0.573 e. The molecule has 1 fully saturated rings. The number of alkyl halides is 3. The van der Waals surface area contributed by atoms with Crippen LogP contribution in [0, 0.1) is 0 Å². The molecule has 4 rings (SSSR count). The van der Waals surface area contributed by atoms with Gasteiger partial charge in [0.15, 0.2) is 5.82 Å². The van der Waals surface area contributed by atoms with Gasteiger partial charge in [-0.1, -0.05) is 6.07 Å². The van der Waals surface area contributed by atoms with Crippen molar-refractivity contribution >= 4 is 29.3 Å². The molecule has 35 heavy (non-hydrogen) atoms. The molecule has 10 nitrogen and oxygen atoms in total. The molecule has 0 atom stereocenters. The highest BCUT2D eigenvalue weighted by Crippen LogP contribution is 2.24. The van der Waals surface area contributed by atoms with Gasteiger partial charge in [-0.15, -0.1) is 13.2 Å². The fourth-order valence-electron chi connectivity index (χ4n) is 3.56. The molecule has 3 heterocycles. The van der Waals surface area contributed by atoms with Crippen molar-refractivity contribution < 1.29 is 27.5 Å². The van der Waals surface area contributed by atoms with Gasteiger partial charge in [0.1, 0.15) is 11.6 Å². The Morgan fingerprint density at radius 1 is 1.00 bits per heavy atom. The van der Waals surface area contributed by atoms with Crippen molar-refractivity contribution in [3.05, 3.63) is 60.7 Å². The minimum absolute atomic E-state index is 0.150. The molecule has 0 saturated carbocycles. The zero-order valence-electron chi connectivity index (χ0n) is 18.6. The van der Waals surface area contributed by atoms with Crippen molar-refractivity contribution in [1.29, 1.82) is 0 Å². The Balaban J connectivity index is 1.32. The lowest BCUT2D eigenvalue weighted by Gasteiger charge is -2.35. The van der Waals surface area contributed by atoms with Crippen LogP contribution in [0.2, 0.25) is 0 Å². The fraction of sp³-hybridized carbons (Fsp3) is 0.273. The summed E-state index contributed by atoms with van der Waals surface area (Å²) in [5, 5.41) is 4.99. The summed E-state index contributed by atoms with van der Waals surface area (Å²) in [6.07, 6.45) is -1.58. The van der Waals surface area contributed by atoms with E-state index in [1.54, 1.807) is 18.1 Å². The van der Waals surface area contributed by atoms with Gasteiger partial charge in [0.25, 0.3) is 5.91 Å². The van der Waals surface area contributed by atoms with E-state index >= 15 is 0 Å². The number of hydrogen-bond donors (Lipinski definition) is 2. The number of carbonyl (C=O) groups excluding carboxylic acids is 2. The molecule has 0 aliphatic carbocycles. The lowest BCUT2D eigenvalue weighted by molar-refractivity contribution is -0.274. The third-order valence-electron chi connectivity index (χ3n) is 5.20. The first kappa shape index (κ1) is 23.9. The Morgan fingerprint density at radius 3 is 2.34 bits per heavy atom. The summed E-state index contributed by atoms with van der Waals surface area (Å²) in [6, 6.07) is 9.69. The Hall–Kier alpha value is -4.29. The van der Waals surface area contributed by atoms with Gasteiger partial charge in [-0.2, -0.15) is 0 Å². The number of amides is 3. The molecular weight excluding hydrogens is 467 g/mol. The lowest BCUT2D eigenvalue weighted by atomic mass is 10.3. The van der Waals surface area contributed by atoms with Gasteiger partial charge in [0.05, 0.1) is 0 Å². The number of urea groups is 1. The lowest BCUT2D eigenvalue weighted by Crippen LogP contribution is -2.49. The maximum Gasteiger partial charge on any atom is 0.573 e. The number of aromatic nitrogens is 3. The minimum Gasteiger partial charge on any atom is -0.406 e. The molecular formula is C22H22F3N7O3. The second-order valence-electron chi connectivity index (χ2n) is 7.68. The Bertz CT molecular complexity index is 1180. The van der Waals surface area contributed by atoms with Crippen LogP contribution in [0.3, 0.4) is 0 Å². The van der Waals surface area contributed by atoms with Gasteiger partial charge in [-0.05, 0) is 36.4 Å². The molecule has 0 radical (unpaired) electrons. The number of hydrogen-bond acceptors (Lipinski definition) is 6. The van der Waals surface area contributed by atoms with E-state index in [0.29, 0.717) is 26.2 Å². The first-order valence-corrected chi connectivity index (χ1v) is 10.6. The SMILES string of the molecule is Cn1cc(NC(=O)Nc2ccc(OC(F)(F)F)cc2)nc1C(=O)N1CCN(c2ccccn2)CC1. The second-order valence-corrected chi connectivity index (χ2v) is 7.68. The molecule has 3 aromatic rings. The zero-order valence-corrected chi connectivity index (χ0v) is 18.6. The van der Waals surface area contributed by atoms with Crippen molar-refractivity contribution in [2.75, 3.05) is 41.7 Å². The number of benzene rings is 1. The van der Waals surface area contributed by atoms with E-state index in [4.69, 9.17) is 0 Å². The zero-order chi connectivity index (χ0) is 25.0. The Labute approximate surface area is 198 Å². The Kier molecular flexibility index (Phi) is 6.75. The van der Waals surface area contributed by atoms with Gasteiger partial charge in [-0.25, -0.2) is 14.8 Å². The molecule has 1 aromatic carbocycles. The highest BCUT2D eigenvalue weighted by molar-refractivity contribution is 5.99. The maximum atomic E-state index is 13.0. The van der Waals surface area contributed by atoms with Crippen molar-refractivity contribution in [2.45, 2.75) is 6.36 Å². The third kappa shape index (κ3) is 6.19. The number of piperazine rings is 1. The number of halogens is 3. The first-order valence-electron chi connectivity index (χ1n) is 10.6. The molecule has 2 N–H and O–H groups in total. The van der Waals surface area contributed by atoms with Crippen LogP contribution in [0.5, 0.6) is 5.75 Å². The van der Waals surface area contributed by atoms with Gasteiger partial charge >= 0.3 is 12.4 Å². The number of nitrogens with zero attached hydrogens (tertiary/aromatic N) is 5. The van der Waals surface area contributed by atoms with E-state index in [9.17, 15) is 22.8 Å². The van der Waals surface area contributed by atoms with E-state index in [1.807, 2.05) is 18.2 Å². The van der Waals surface area contributed by atoms with Gasteiger partial charge in [0.2, 0.25) is 5.82 Å². The smallest absolute Gasteiger partial charge is 0.406 e. The second kappa shape index (κ2) is 9.91. The number of ether oxygens (including phenoxy) is 1. The monoisotopic (exact) mass is 489 g/mol. The van der Waals surface area contributed by atoms with Crippen LogP contribution in [-0.2, 0) is 7.05 Å². The van der Waals surface area contributed by atoms with Crippen LogP contribution < -0.4 is 20.3 Å².